The van der Waals surface area contributed by atoms with Gasteiger partial charge >= 0.3 is 0 Å². The van der Waals surface area contributed by atoms with Gasteiger partial charge in [0.25, 0.3) is 0 Å². The molecular formula is C10H11IO2. The minimum Gasteiger partial charge on any atom is -0.488 e. The molecule has 0 heterocycles. The molecule has 70 valence electrons. The molecule has 1 aromatic carbocycles. The van der Waals surface area contributed by atoms with Gasteiger partial charge in [0.2, 0.25) is 0 Å². The minimum absolute atomic E-state index is 0.0647. The number of halogens is 1. The molecule has 0 unspecified atom stereocenters. The zero-order chi connectivity index (χ0) is 9.52. The van der Waals surface area contributed by atoms with Gasteiger partial charge in [0.05, 0.1) is 10.2 Å². The van der Waals surface area contributed by atoms with Gasteiger partial charge in [-0.05, 0) is 40.8 Å². The van der Waals surface area contributed by atoms with Gasteiger partial charge in [0.1, 0.15) is 12.4 Å². The normalized spacial score (nSPS) is 10.6. The van der Waals surface area contributed by atoms with Crippen molar-refractivity contribution in [2.45, 2.75) is 0 Å². The van der Waals surface area contributed by atoms with Crippen molar-refractivity contribution in [2.24, 2.45) is 0 Å². The van der Waals surface area contributed by atoms with Crippen LogP contribution >= 0.6 is 22.6 Å². The fourth-order valence-corrected chi connectivity index (χ4v) is 1.39. The number of para-hydroxylation sites is 1. The highest BCUT2D eigenvalue weighted by Gasteiger charge is 1.95. The first-order valence-corrected chi connectivity index (χ1v) is 5.05. The summed E-state index contributed by atoms with van der Waals surface area (Å²) in [6.45, 7) is 0.565. The van der Waals surface area contributed by atoms with E-state index < -0.39 is 0 Å². The summed E-state index contributed by atoms with van der Waals surface area (Å²) in [5, 5.41) is 8.47. The number of ether oxygens (including phenoxy) is 1. The lowest BCUT2D eigenvalue weighted by atomic mass is 10.3. The molecule has 0 atom stereocenters. The largest absolute Gasteiger partial charge is 0.488 e. The van der Waals surface area contributed by atoms with Crippen LogP contribution in [0.4, 0.5) is 0 Å². The predicted molar refractivity (Wildman–Crippen MR) is 60.9 cm³/mol. The van der Waals surface area contributed by atoms with E-state index in [9.17, 15) is 0 Å². The molecule has 3 heteroatoms. The molecule has 0 aliphatic rings. The molecule has 0 saturated carbocycles. The van der Waals surface area contributed by atoms with E-state index >= 15 is 0 Å². The van der Waals surface area contributed by atoms with Crippen molar-refractivity contribution < 1.29 is 9.84 Å². The van der Waals surface area contributed by atoms with Crippen LogP contribution in [0.25, 0.3) is 0 Å². The first-order valence-electron chi connectivity index (χ1n) is 3.98. The van der Waals surface area contributed by atoms with Gasteiger partial charge in [-0.3, -0.25) is 0 Å². The Kier molecular flexibility index (Phi) is 4.85. The van der Waals surface area contributed by atoms with Gasteiger partial charge < -0.3 is 9.84 Å². The van der Waals surface area contributed by atoms with Crippen molar-refractivity contribution in [2.75, 3.05) is 13.2 Å². The molecule has 0 radical (unpaired) electrons. The van der Waals surface area contributed by atoms with E-state index in [1.807, 2.05) is 24.3 Å². The highest BCUT2D eigenvalue weighted by Crippen LogP contribution is 2.19. The summed E-state index contributed by atoms with van der Waals surface area (Å²) in [7, 11) is 0. The topological polar surface area (TPSA) is 29.5 Å². The van der Waals surface area contributed by atoms with E-state index in [0.717, 1.165) is 9.32 Å². The Labute approximate surface area is 91.4 Å². The monoisotopic (exact) mass is 290 g/mol. The second-order valence-corrected chi connectivity index (χ2v) is 3.56. The van der Waals surface area contributed by atoms with E-state index in [1.54, 1.807) is 12.2 Å². The van der Waals surface area contributed by atoms with Crippen molar-refractivity contribution in [1.82, 2.24) is 0 Å². The molecule has 0 saturated heterocycles. The van der Waals surface area contributed by atoms with Crippen LogP contribution in [0.2, 0.25) is 0 Å². The Balaban J connectivity index is 2.45. The number of aliphatic hydroxyl groups is 1. The SMILES string of the molecule is OC/C=C\COc1ccccc1I. The van der Waals surface area contributed by atoms with Gasteiger partial charge in [-0.25, -0.2) is 0 Å². The van der Waals surface area contributed by atoms with Crippen LogP contribution in [0, 0.1) is 3.57 Å². The number of rotatable bonds is 4. The van der Waals surface area contributed by atoms with E-state index in [-0.39, 0.29) is 6.61 Å². The van der Waals surface area contributed by atoms with E-state index in [1.165, 1.54) is 0 Å². The maximum absolute atomic E-state index is 8.47. The van der Waals surface area contributed by atoms with Crippen LogP contribution in [-0.4, -0.2) is 18.3 Å². The van der Waals surface area contributed by atoms with Crippen molar-refractivity contribution >= 4 is 22.6 Å². The molecule has 2 nitrogen and oxygen atoms in total. The zero-order valence-electron chi connectivity index (χ0n) is 7.11. The van der Waals surface area contributed by atoms with Crippen molar-refractivity contribution in [1.29, 1.82) is 0 Å². The summed E-state index contributed by atoms with van der Waals surface area (Å²) in [4.78, 5) is 0. The Hall–Kier alpha value is -0.550. The average molecular weight is 290 g/mol. The van der Waals surface area contributed by atoms with Gasteiger partial charge in [-0.2, -0.15) is 0 Å². The highest BCUT2D eigenvalue weighted by molar-refractivity contribution is 14.1. The molecule has 0 spiro atoms. The number of aliphatic hydroxyl groups excluding tert-OH is 1. The van der Waals surface area contributed by atoms with Crippen molar-refractivity contribution in [3.05, 3.63) is 40.0 Å². The van der Waals surface area contributed by atoms with Crippen LogP contribution in [0.5, 0.6) is 5.75 Å². The van der Waals surface area contributed by atoms with Crippen molar-refractivity contribution in [3.63, 3.8) is 0 Å². The summed E-state index contributed by atoms with van der Waals surface area (Å²) in [5.41, 5.74) is 0. The first kappa shape index (κ1) is 10.5. The Morgan fingerprint density at radius 2 is 2.08 bits per heavy atom. The molecule has 1 aromatic rings. The van der Waals surface area contributed by atoms with E-state index in [2.05, 4.69) is 22.6 Å². The van der Waals surface area contributed by atoms with E-state index in [0.29, 0.717) is 6.61 Å². The van der Waals surface area contributed by atoms with Gasteiger partial charge in [0.15, 0.2) is 0 Å². The fourth-order valence-electron chi connectivity index (χ4n) is 0.842. The quantitative estimate of drug-likeness (QED) is 0.680. The smallest absolute Gasteiger partial charge is 0.133 e. The third-order valence-corrected chi connectivity index (χ3v) is 2.33. The highest BCUT2D eigenvalue weighted by atomic mass is 127. The maximum Gasteiger partial charge on any atom is 0.133 e. The van der Waals surface area contributed by atoms with Gasteiger partial charge in [0, 0.05) is 0 Å². The minimum atomic E-state index is 0.0647. The van der Waals surface area contributed by atoms with Crippen LogP contribution in [0.3, 0.4) is 0 Å². The predicted octanol–water partition coefficient (Wildman–Crippen LogP) is 2.22. The standard InChI is InChI=1S/C10H11IO2/c11-9-5-1-2-6-10(9)13-8-4-3-7-12/h1-6,12H,7-8H2/b4-3-. The molecule has 0 bridgehead atoms. The number of hydrogen-bond acceptors (Lipinski definition) is 2. The van der Waals surface area contributed by atoms with Crippen LogP contribution in [0.1, 0.15) is 0 Å². The fraction of sp³-hybridized carbons (Fsp3) is 0.200. The molecule has 1 rings (SSSR count). The third kappa shape index (κ3) is 3.78. The van der Waals surface area contributed by atoms with Crippen LogP contribution in [-0.2, 0) is 0 Å². The molecule has 0 amide bonds. The summed E-state index contributed by atoms with van der Waals surface area (Å²) in [6, 6.07) is 7.83. The zero-order valence-corrected chi connectivity index (χ0v) is 9.27. The maximum atomic E-state index is 8.47. The summed E-state index contributed by atoms with van der Waals surface area (Å²) < 4.78 is 6.53. The van der Waals surface area contributed by atoms with Crippen LogP contribution in [0.15, 0.2) is 36.4 Å². The van der Waals surface area contributed by atoms with Gasteiger partial charge in [-0.1, -0.05) is 18.2 Å². The number of benzene rings is 1. The second-order valence-electron chi connectivity index (χ2n) is 2.40. The lowest BCUT2D eigenvalue weighted by molar-refractivity contribution is 0.336. The van der Waals surface area contributed by atoms with Gasteiger partial charge in [-0.15, -0.1) is 0 Å². The molecule has 0 aliphatic heterocycles. The third-order valence-electron chi connectivity index (χ3n) is 1.44. The molecule has 0 aliphatic carbocycles. The Morgan fingerprint density at radius 1 is 1.31 bits per heavy atom. The molecule has 1 N–H and O–H groups in total. The molecule has 0 aromatic heterocycles. The Bertz CT molecular complexity index is 284. The lowest BCUT2D eigenvalue weighted by Crippen LogP contribution is -1.95. The molecule has 0 fully saturated rings. The average Bonchev–Trinajstić information content (AvgIpc) is 2.15. The number of hydrogen-bond donors (Lipinski definition) is 1. The van der Waals surface area contributed by atoms with Crippen LogP contribution < -0.4 is 4.74 Å². The molecular weight excluding hydrogens is 279 g/mol. The Morgan fingerprint density at radius 3 is 2.77 bits per heavy atom. The van der Waals surface area contributed by atoms with E-state index in [4.69, 9.17) is 9.84 Å². The molecule has 13 heavy (non-hydrogen) atoms. The summed E-state index contributed by atoms with van der Waals surface area (Å²) in [5.74, 6) is 0.880. The summed E-state index contributed by atoms with van der Waals surface area (Å²) in [6.07, 6.45) is 3.46. The van der Waals surface area contributed by atoms with Crippen molar-refractivity contribution in [3.8, 4) is 5.75 Å². The summed E-state index contributed by atoms with van der Waals surface area (Å²) >= 11 is 2.22. The first-order chi connectivity index (χ1) is 6.34. The lowest BCUT2D eigenvalue weighted by Gasteiger charge is -2.04. The second kappa shape index (κ2) is 5.99.